The van der Waals surface area contributed by atoms with Crippen LogP contribution in [0.25, 0.3) is 11.3 Å². The SMILES string of the molecule is Oc1ccccc1-c1cccc(C(F)F)n1. The normalized spacial score (nSPS) is 10.7. The lowest BCUT2D eigenvalue weighted by Gasteiger charge is -2.05. The second-order valence-corrected chi connectivity index (χ2v) is 3.27. The van der Waals surface area contributed by atoms with Crippen molar-refractivity contribution in [1.82, 2.24) is 4.98 Å². The van der Waals surface area contributed by atoms with Crippen LogP contribution in [0.5, 0.6) is 5.75 Å². The van der Waals surface area contributed by atoms with Crippen molar-refractivity contribution in [3.05, 3.63) is 48.2 Å². The number of halogens is 2. The van der Waals surface area contributed by atoms with E-state index in [0.29, 0.717) is 11.3 Å². The number of rotatable bonds is 2. The highest BCUT2D eigenvalue weighted by Gasteiger charge is 2.11. The quantitative estimate of drug-likeness (QED) is 0.843. The fraction of sp³-hybridized carbons (Fsp3) is 0.0833. The minimum atomic E-state index is -2.61. The Labute approximate surface area is 91.2 Å². The average molecular weight is 221 g/mol. The Morgan fingerprint density at radius 1 is 1.00 bits per heavy atom. The zero-order valence-corrected chi connectivity index (χ0v) is 8.27. The Hall–Kier alpha value is -1.97. The lowest BCUT2D eigenvalue weighted by molar-refractivity contribution is 0.146. The molecule has 0 aliphatic heterocycles. The van der Waals surface area contributed by atoms with Gasteiger partial charge in [0, 0.05) is 5.56 Å². The number of hydrogen-bond acceptors (Lipinski definition) is 2. The highest BCUT2D eigenvalue weighted by Crippen LogP contribution is 2.28. The second kappa shape index (κ2) is 4.26. The van der Waals surface area contributed by atoms with Gasteiger partial charge in [0.25, 0.3) is 6.43 Å². The van der Waals surface area contributed by atoms with Crippen LogP contribution in [0.3, 0.4) is 0 Å². The predicted octanol–water partition coefficient (Wildman–Crippen LogP) is 3.39. The lowest BCUT2D eigenvalue weighted by Crippen LogP contribution is -1.92. The van der Waals surface area contributed by atoms with Gasteiger partial charge < -0.3 is 5.11 Å². The number of alkyl halides is 2. The summed E-state index contributed by atoms with van der Waals surface area (Å²) in [6, 6.07) is 10.8. The third-order valence-electron chi connectivity index (χ3n) is 2.17. The number of aromatic hydroxyl groups is 1. The van der Waals surface area contributed by atoms with Crippen LogP contribution in [-0.4, -0.2) is 10.1 Å². The van der Waals surface area contributed by atoms with Crippen molar-refractivity contribution >= 4 is 0 Å². The van der Waals surface area contributed by atoms with Gasteiger partial charge in [-0.2, -0.15) is 0 Å². The van der Waals surface area contributed by atoms with Crippen molar-refractivity contribution in [2.75, 3.05) is 0 Å². The standard InChI is InChI=1S/C12H9F2NO/c13-12(14)10-6-3-5-9(15-10)8-4-1-2-7-11(8)16/h1-7,12,16H. The molecule has 82 valence electrons. The molecule has 0 saturated carbocycles. The van der Waals surface area contributed by atoms with Crippen LogP contribution < -0.4 is 0 Å². The first-order valence-corrected chi connectivity index (χ1v) is 4.72. The first kappa shape index (κ1) is 10.5. The molecule has 0 unspecified atom stereocenters. The maximum Gasteiger partial charge on any atom is 0.280 e. The van der Waals surface area contributed by atoms with Crippen molar-refractivity contribution < 1.29 is 13.9 Å². The number of pyridine rings is 1. The highest BCUT2D eigenvalue weighted by molar-refractivity contribution is 5.66. The summed E-state index contributed by atoms with van der Waals surface area (Å²) in [6.45, 7) is 0. The number of phenols is 1. The Kier molecular flexibility index (Phi) is 2.81. The summed E-state index contributed by atoms with van der Waals surface area (Å²) < 4.78 is 24.9. The first-order valence-electron chi connectivity index (χ1n) is 4.72. The number of aromatic nitrogens is 1. The van der Waals surface area contributed by atoms with E-state index in [-0.39, 0.29) is 11.4 Å². The lowest BCUT2D eigenvalue weighted by atomic mass is 10.1. The van der Waals surface area contributed by atoms with Crippen LogP contribution in [0.2, 0.25) is 0 Å². The van der Waals surface area contributed by atoms with Crippen LogP contribution in [0.1, 0.15) is 12.1 Å². The van der Waals surface area contributed by atoms with E-state index in [2.05, 4.69) is 4.98 Å². The molecule has 2 aromatic rings. The van der Waals surface area contributed by atoms with Crippen molar-refractivity contribution in [2.24, 2.45) is 0 Å². The Balaban J connectivity index is 2.49. The summed E-state index contributed by atoms with van der Waals surface area (Å²) in [6.07, 6.45) is -2.61. The third-order valence-corrected chi connectivity index (χ3v) is 2.17. The summed E-state index contributed by atoms with van der Waals surface area (Å²) in [5, 5.41) is 9.57. The van der Waals surface area contributed by atoms with E-state index >= 15 is 0 Å². The molecule has 0 fully saturated rings. The minimum absolute atomic E-state index is 0.0291. The molecule has 0 radical (unpaired) electrons. The molecule has 1 N–H and O–H groups in total. The van der Waals surface area contributed by atoms with Crippen molar-refractivity contribution in [3.63, 3.8) is 0 Å². The Bertz CT molecular complexity index is 500. The zero-order chi connectivity index (χ0) is 11.5. The van der Waals surface area contributed by atoms with Crippen LogP contribution in [0.4, 0.5) is 8.78 Å². The molecule has 0 amide bonds. The van der Waals surface area contributed by atoms with Gasteiger partial charge in [-0.05, 0) is 24.3 Å². The van der Waals surface area contributed by atoms with Crippen molar-refractivity contribution in [3.8, 4) is 17.0 Å². The molecule has 0 spiro atoms. The van der Waals surface area contributed by atoms with Crippen LogP contribution in [0.15, 0.2) is 42.5 Å². The highest BCUT2D eigenvalue weighted by atomic mass is 19.3. The molecule has 0 aliphatic rings. The number of para-hydroxylation sites is 1. The topological polar surface area (TPSA) is 33.1 Å². The zero-order valence-electron chi connectivity index (χ0n) is 8.27. The third kappa shape index (κ3) is 2.00. The summed E-state index contributed by atoms with van der Waals surface area (Å²) in [5.41, 5.74) is 0.502. The van der Waals surface area contributed by atoms with Crippen LogP contribution in [-0.2, 0) is 0 Å². The van der Waals surface area contributed by atoms with Gasteiger partial charge in [-0.3, -0.25) is 0 Å². The van der Waals surface area contributed by atoms with Crippen molar-refractivity contribution in [1.29, 1.82) is 0 Å². The van der Waals surface area contributed by atoms with E-state index in [1.165, 1.54) is 18.2 Å². The number of phenolic OH excluding ortho intramolecular Hbond substituents is 1. The summed E-state index contributed by atoms with van der Waals surface area (Å²) in [5.74, 6) is 0.0291. The fourth-order valence-electron chi connectivity index (χ4n) is 1.41. The summed E-state index contributed by atoms with van der Waals surface area (Å²) in [4.78, 5) is 3.79. The van der Waals surface area contributed by atoms with Gasteiger partial charge in [0.2, 0.25) is 0 Å². The molecule has 4 heteroatoms. The molecule has 1 heterocycles. The molecule has 2 nitrogen and oxygen atoms in total. The number of hydrogen-bond donors (Lipinski definition) is 1. The number of benzene rings is 1. The van der Waals surface area contributed by atoms with E-state index in [1.54, 1.807) is 24.3 Å². The van der Waals surface area contributed by atoms with Crippen LogP contribution in [0, 0.1) is 0 Å². The molecule has 0 atom stereocenters. The number of nitrogens with zero attached hydrogens (tertiary/aromatic N) is 1. The van der Waals surface area contributed by atoms with Gasteiger partial charge >= 0.3 is 0 Å². The van der Waals surface area contributed by atoms with Crippen molar-refractivity contribution in [2.45, 2.75) is 6.43 Å². The molecule has 16 heavy (non-hydrogen) atoms. The first-order chi connectivity index (χ1) is 7.68. The van der Waals surface area contributed by atoms with Gasteiger partial charge in [-0.1, -0.05) is 18.2 Å². The fourth-order valence-corrected chi connectivity index (χ4v) is 1.41. The monoisotopic (exact) mass is 221 g/mol. The van der Waals surface area contributed by atoms with E-state index < -0.39 is 6.43 Å². The van der Waals surface area contributed by atoms with E-state index in [0.717, 1.165) is 0 Å². The van der Waals surface area contributed by atoms with E-state index in [9.17, 15) is 13.9 Å². The van der Waals surface area contributed by atoms with E-state index in [4.69, 9.17) is 0 Å². The van der Waals surface area contributed by atoms with Gasteiger partial charge in [-0.25, -0.2) is 13.8 Å². The largest absolute Gasteiger partial charge is 0.507 e. The molecule has 0 aliphatic carbocycles. The molecule has 1 aromatic heterocycles. The van der Waals surface area contributed by atoms with E-state index in [1.807, 2.05) is 0 Å². The molecular formula is C12H9F2NO. The predicted molar refractivity (Wildman–Crippen MR) is 56.3 cm³/mol. The second-order valence-electron chi connectivity index (χ2n) is 3.27. The molecule has 1 aromatic carbocycles. The molecule has 2 rings (SSSR count). The molecular weight excluding hydrogens is 212 g/mol. The Morgan fingerprint density at radius 3 is 2.44 bits per heavy atom. The smallest absolute Gasteiger partial charge is 0.280 e. The average Bonchev–Trinajstić information content (AvgIpc) is 2.30. The maximum atomic E-state index is 12.4. The van der Waals surface area contributed by atoms with Gasteiger partial charge in [-0.15, -0.1) is 0 Å². The van der Waals surface area contributed by atoms with Gasteiger partial charge in [0.05, 0.1) is 5.69 Å². The molecule has 0 saturated heterocycles. The summed E-state index contributed by atoms with van der Waals surface area (Å²) >= 11 is 0. The Morgan fingerprint density at radius 2 is 1.75 bits per heavy atom. The maximum absolute atomic E-state index is 12.4. The van der Waals surface area contributed by atoms with Gasteiger partial charge in [0.15, 0.2) is 0 Å². The molecule has 0 bridgehead atoms. The van der Waals surface area contributed by atoms with Gasteiger partial charge in [0.1, 0.15) is 11.4 Å². The minimum Gasteiger partial charge on any atom is -0.507 e. The summed E-state index contributed by atoms with van der Waals surface area (Å²) in [7, 11) is 0. The van der Waals surface area contributed by atoms with Crippen LogP contribution >= 0.6 is 0 Å².